The second-order valence-corrected chi connectivity index (χ2v) is 6.68. The molecule has 0 N–H and O–H groups in total. The average molecular weight is 314 g/mol. The van der Waals surface area contributed by atoms with Crippen LogP contribution in [0.15, 0.2) is 29.0 Å². The summed E-state index contributed by atoms with van der Waals surface area (Å²) in [6, 6.07) is 3.74. The highest BCUT2D eigenvalue weighted by molar-refractivity contribution is 5.76. The largest absolute Gasteiger partial charge is 0.342 e. The van der Waals surface area contributed by atoms with Gasteiger partial charge in [0.1, 0.15) is 0 Å². The maximum absolute atomic E-state index is 12.3. The van der Waals surface area contributed by atoms with Crippen LogP contribution in [-0.2, 0) is 4.79 Å². The molecule has 1 aliphatic rings. The van der Waals surface area contributed by atoms with Gasteiger partial charge in [-0.15, -0.1) is 0 Å². The molecular formula is C17H22N4O2. The number of nitrogens with zero attached hydrogens (tertiary/aromatic N) is 4. The quantitative estimate of drug-likeness (QED) is 0.867. The molecule has 0 saturated carbocycles. The molecule has 0 aliphatic carbocycles. The fourth-order valence-electron chi connectivity index (χ4n) is 2.97. The van der Waals surface area contributed by atoms with Gasteiger partial charge in [-0.25, -0.2) is 0 Å². The van der Waals surface area contributed by atoms with E-state index in [9.17, 15) is 4.79 Å². The topological polar surface area (TPSA) is 72.1 Å². The van der Waals surface area contributed by atoms with Crippen molar-refractivity contribution in [3.05, 3.63) is 30.4 Å². The molecule has 1 amide bonds. The number of hydrogen-bond donors (Lipinski definition) is 0. The van der Waals surface area contributed by atoms with E-state index in [1.807, 2.05) is 17.0 Å². The Labute approximate surface area is 135 Å². The van der Waals surface area contributed by atoms with Crippen molar-refractivity contribution in [1.82, 2.24) is 20.0 Å². The monoisotopic (exact) mass is 314 g/mol. The minimum absolute atomic E-state index is 0.101. The molecule has 2 aromatic heterocycles. The molecule has 0 radical (unpaired) electrons. The summed E-state index contributed by atoms with van der Waals surface area (Å²) >= 11 is 0. The Morgan fingerprint density at radius 1 is 1.43 bits per heavy atom. The average Bonchev–Trinajstić information content (AvgIpc) is 3.14. The molecule has 2 atom stereocenters. The maximum atomic E-state index is 12.3. The minimum Gasteiger partial charge on any atom is -0.342 e. The van der Waals surface area contributed by atoms with Crippen LogP contribution < -0.4 is 0 Å². The molecule has 2 unspecified atom stereocenters. The van der Waals surface area contributed by atoms with Crippen LogP contribution in [0.1, 0.15) is 39.0 Å². The predicted molar refractivity (Wildman–Crippen MR) is 85.5 cm³/mol. The number of hydrogen-bond acceptors (Lipinski definition) is 5. The van der Waals surface area contributed by atoms with Gasteiger partial charge in [0.15, 0.2) is 0 Å². The third kappa shape index (κ3) is 3.41. The molecule has 6 heteroatoms. The molecule has 2 aromatic rings. The first-order valence-electron chi connectivity index (χ1n) is 8.06. The molecule has 122 valence electrons. The van der Waals surface area contributed by atoms with Crippen molar-refractivity contribution in [1.29, 1.82) is 0 Å². The second kappa shape index (κ2) is 6.48. The standard InChI is InChI=1S/C17H22N4O2/c1-11(2)7-15(22)21-9-12(3)14(10-21)17-19-16(20-23-17)13-5-4-6-18-8-13/h4-6,8,11-12,14H,7,9-10H2,1-3H3. The van der Waals surface area contributed by atoms with Crippen LogP contribution in [-0.4, -0.2) is 39.0 Å². The first-order chi connectivity index (χ1) is 11.0. The first-order valence-corrected chi connectivity index (χ1v) is 8.06. The van der Waals surface area contributed by atoms with Crippen LogP contribution in [0.3, 0.4) is 0 Å². The molecular weight excluding hydrogens is 292 g/mol. The van der Waals surface area contributed by atoms with Crippen molar-refractivity contribution in [2.45, 2.75) is 33.1 Å². The van der Waals surface area contributed by atoms with E-state index in [1.54, 1.807) is 12.4 Å². The SMILES string of the molecule is CC(C)CC(=O)N1CC(C)C(c2nc(-c3cccnc3)no2)C1. The van der Waals surface area contributed by atoms with Crippen LogP contribution in [0.5, 0.6) is 0 Å². The molecule has 0 bridgehead atoms. The third-order valence-corrected chi connectivity index (χ3v) is 4.23. The molecule has 23 heavy (non-hydrogen) atoms. The van der Waals surface area contributed by atoms with Crippen molar-refractivity contribution in [2.75, 3.05) is 13.1 Å². The van der Waals surface area contributed by atoms with Crippen molar-refractivity contribution in [3.63, 3.8) is 0 Å². The predicted octanol–water partition coefficient (Wildman–Crippen LogP) is 2.74. The van der Waals surface area contributed by atoms with Crippen molar-refractivity contribution in [2.24, 2.45) is 11.8 Å². The van der Waals surface area contributed by atoms with Gasteiger partial charge in [-0.1, -0.05) is 25.9 Å². The van der Waals surface area contributed by atoms with E-state index in [-0.39, 0.29) is 11.8 Å². The third-order valence-electron chi connectivity index (χ3n) is 4.23. The second-order valence-electron chi connectivity index (χ2n) is 6.68. The Balaban J connectivity index is 1.73. The summed E-state index contributed by atoms with van der Waals surface area (Å²) in [5.74, 6) is 2.15. The summed E-state index contributed by atoms with van der Waals surface area (Å²) in [5.41, 5.74) is 0.834. The van der Waals surface area contributed by atoms with Gasteiger partial charge < -0.3 is 9.42 Å². The molecule has 1 aliphatic heterocycles. The molecule has 0 spiro atoms. The first kappa shape index (κ1) is 15.6. The number of carbonyl (C=O) groups is 1. The van der Waals surface area contributed by atoms with E-state index in [1.165, 1.54) is 0 Å². The van der Waals surface area contributed by atoms with E-state index in [4.69, 9.17) is 4.52 Å². The fraction of sp³-hybridized carbons (Fsp3) is 0.529. The zero-order chi connectivity index (χ0) is 16.4. The Hall–Kier alpha value is -2.24. The van der Waals surface area contributed by atoms with Crippen LogP contribution >= 0.6 is 0 Å². The highest BCUT2D eigenvalue weighted by atomic mass is 16.5. The van der Waals surface area contributed by atoms with E-state index < -0.39 is 0 Å². The Morgan fingerprint density at radius 2 is 2.26 bits per heavy atom. The summed E-state index contributed by atoms with van der Waals surface area (Å²) < 4.78 is 5.46. The van der Waals surface area contributed by atoms with Crippen LogP contribution in [0.4, 0.5) is 0 Å². The highest BCUT2D eigenvalue weighted by Gasteiger charge is 2.36. The summed E-state index contributed by atoms with van der Waals surface area (Å²) in [7, 11) is 0. The zero-order valence-electron chi connectivity index (χ0n) is 13.8. The fourth-order valence-corrected chi connectivity index (χ4v) is 2.97. The molecule has 6 nitrogen and oxygen atoms in total. The summed E-state index contributed by atoms with van der Waals surface area (Å²) in [6.45, 7) is 7.66. The highest BCUT2D eigenvalue weighted by Crippen LogP contribution is 2.32. The van der Waals surface area contributed by atoms with Gasteiger partial charge >= 0.3 is 0 Å². The van der Waals surface area contributed by atoms with Crippen LogP contribution in [0.2, 0.25) is 0 Å². The number of carbonyl (C=O) groups excluding carboxylic acids is 1. The molecule has 3 heterocycles. The van der Waals surface area contributed by atoms with E-state index >= 15 is 0 Å². The van der Waals surface area contributed by atoms with Gasteiger partial charge in [-0.2, -0.15) is 4.98 Å². The minimum atomic E-state index is 0.101. The van der Waals surface area contributed by atoms with Crippen LogP contribution in [0, 0.1) is 11.8 Å². The number of likely N-dealkylation sites (tertiary alicyclic amines) is 1. The number of amides is 1. The number of aromatic nitrogens is 3. The van der Waals surface area contributed by atoms with Crippen molar-refractivity contribution >= 4 is 5.91 Å². The molecule has 1 fully saturated rings. The smallest absolute Gasteiger partial charge is 0.232 e. The number of pyridine rings is 1. The Kier molecular flexibility index (Phi) is 4.41. The maximum Gasteiger partial charge on any atom is 0.232 e. The van der Waals surface area contributed by atoms with Crippen LogP contribution in [0.25, 0.3) is 11.4 Å². The van der Waals surface area contributed by atoms with E-state index in [2.05, 4.69) is 35.9 Å². The van der Waals surface area contributed by atoms with Crippen molar-refractivity contribution < 1.29 is 9.32 Å². The zero-order valence-corrected chi connectivity index (χ0v) is 13.8. The molecule has 3 rings (SSSR count). The Morgan fingerprint density at radius 3 is 2.96 bits per heavy atom. The molecule has 1 saturated heterocycles. The van der Waals surface area contributed by atoms with Gasteiger partial charge in [-0.05, 0) is 24.0 Å². The van der Waals surface area contributed by atoms with E-state index in [0.717, 1.165) is 12.1 Å². The van der Waals surface area contributed by atoms with Gasteiger partial charge in [0.2, 0.25) is 17.6 Å². The number of rotatable bonds is 4. The lowest BCUT2D eigenvalue weighted by atomic mass is 9.98. The van der Waals surface area contributed by atoms with Gasteiger partial charge in [0, 0.05) is 37.5 Å². The van der Waals surface area contributed by atoms with E-state index in [0.29, 0.717) is 36.5 Å². The lowest BCUT2D eigenvalue weighted by molar-refractivity contribution is -0.131. The summed E-state index contributed by atoms with van der Waals surface area (Å²) in [5, 5.41) is 4.05. The van der Waals surface area contributed by atoms with Crippen molar-refractivity contribution in [3.8, 4) is 11.4 Å². The lowest BCUT2D eigenvalue weighted by Crippen LogP contribution is -2.29. The molecule has 0 aromatic carbocycles. The van der Waals surface area contributed by atoms with Gasteiger partial charge in [-0.3, -0.25) is 9.78 Å². The normalized spacial score (nSPS) is 21.1. The van der Waals surface area contributed by atoms with Gasteiger partial charge in [0.05, 0.1) is 5.92 Å². The Bertz CT molecular complexity index is 668. The summed E-state index contributed by atoms with van der Waals surface area (Å²) in [6.07, 6.45) is 4.01. The lowest BCUT2D eigenvalue weighted by Gasteiger charge is -2.17. The summed E-state index contributed by atoms with van der Waals surface area (Å²) in [4.78, 5) is 22.8. The van der Waals surface area contributed by atoms with Gasteiger partial charge in [0.25, 0.3) is 0 Å².